The third-order valence-electron chi connectivity index (χ3n) is 10.2. The summed E-state index contributed by atoms with van der Waals surface area (Å²) in [6, 6.07) is 0. The minimum absolute atomic E-state index is 0.00576. The van der Waals surface area contributed by atoms with E-state index in [4.69, 9.17) is 9.47 Å². The van der Waals surface area contributed by atoms with Crippen molar-refractivity contribution in [2.45, 2.75) is 97.7 Å². The molecule has 0 aliphatic heterocycles. The second-order valence-corrected chi connectivity index (χ2v) is 13.3. The van der Waals surface area contributed by atoms with E-state index in [-0.39, 0.29) is 37.0 Å². The maximum atomic E-state index is 17.4. The van der Waals surface area contributed by atoms with Crippen molar-refractivity contribution in [3.05, 3.63) is 23.8 Å². The van der Waals surface area contributed by atoms with Crippen molar-refractivity contribution in [1.82, 2.24) is 0 Å². The summed E-state index contributed by atoms with van der Waals surface area (Å²) in [5, 5.41) is 11.6. The van der Waals surface area contributed by atoms with E-state index in [9.17, 15) is 24.3 Å². The Labute approximate surface area is 228 Å². The Bertz CT molecular complexity index is 1150. The van der Waals surface area contributed by atoms with Gasteiger partial charge in [-0.1, -0.05) is 47.6 Å². The number of alkyl halides is 2. The SMILES string of the molecule is CCC(=O)O[C@]1(C(=O)OCC(=O)C(C)(C)C)[C@H](C)C[C@H]2[C@@H]3C[C@H](F)C4=CC(=O)C=C[C@]4(C)[C@@]3(F)[C@@H](O)C[C@@]21C. The van der Waals surface area contributed by atoms with Gasteiger partial charge in [-0.2, -0.15) is 0 Å². The van der Waals surface area contributed by atoms with Gasteiger partial charge in [0, 0.05) is 34.5 Å². The molecule has 0 unspecified atom stereocenters. The van der Waals surface area contributed by atoms with E-state index < -0.39 is 81.9 Å². The minimum Gasteiger partial charge on any atom is -0.455 e. The lowest BCUT2D eigenvalue weighted by Gasteiger charge is -2.63. The molecule has 0 bridgehead atoms. The van der Waals surface area contributed by atoms with Gasteiger partial charge in [-0.25, -0.2) is 13.6 Å². The number of aliphatic hydroxyl groups excluding tert-OH is 1. The average Bonchev–Trinajstić information content (AvgIpc) is 3.06. The number of carbonyl (C=O) groups is 4. The van der Waals surface area contributed by atoms with Crippen molar-refractivity contribution in [3.63, 3.8) is 0 Å². The van der Waals surface area contributed by atoms with Gasteiger partial charge in [-0.3, -0.25) is 14.4 Å². The predicted octanol–water partition coefficient (Wildman–Crippen LogP) is 4.40. The van der Waals surface area contributed by atoms with Crippen LogP contribution in [-0.2, 0) is 28.7 Å². The van der Waals surface area contributed by atoms with E-state index in [1.807, 2.05) is 0 Å². The van der Waals surface area contributed by atoms with Crippen LogP contribution in [0.3, 0.4) is 0 Å². The van der Waals surface area contributed by atoms with E-state index in [2.05, 4.69) is 0 Å². The van der Waals surface area contributed by atoms with Gasteiger partial charge in [0.25, 0.3) is 0 Å². The number of rotatable bonds is 5. The number of allylic oxidation sites excluding steroid dienone is 4. The van der Waals surface area contributed by atoms with Crippen LogP contribution in [0.25, 0.3) is 0 Å². The zero-order valence-electron chi connectivity index (χ0n) is 23.8. The molecule has 0 radical (unpaired) electrons. The zero-order chi connectivity index (χ0) is 29.3. The molecule has 9 heteroatoms. The van der Waals surface area contributed by atoms with Crippen LogP contribution in [0, 0.1) is 34.0 Å². The average molecular weight is 551 g/mol. The highest BCUT2D eigenvalue weighted by atomic mass is 19.1. The number of hydrogen-bond acceptors (Lipinski definition) is 7. The molecule has 216 valence electrons. The van der Waals surface area contributed by atoms with E-state index in [1.165, 1.54) is 19.1 Å². The van der Waals surface area contributed by atoms with Gasteiger partial charge in [0.2, 0.25) is 5.60 Å². The Morgan fingerprint density at radius 1 is 1.15 bits per heavy atom. The number of fused-ring (bicyclic) bond motifs is 5. The Morgan fingerprint density at radius 2 is 1.79 bits per heavy atom. The third kappa shape index (κ3) is 3.97. The highest BCUT2D eigenvalue weighted by molar-refractivity contribution is 6.01. The summed E-state index contributed by atoms with van der Waals surface area (Å²) in [7, 11) is 0. The second-order valence-electron chi connectivity index (χ2n) is 13.3. The number of hydrogen-bond donors (Lipinski definition) is 1. The number of halogens is 2. The molecule has 3 saturated carbocycles. The summed E-state index contributed by atoms with van der Waals surface area (Å²) in [6.45, 7) is 11.0. The normalized spacial score (nSPS) is 43.1. The number of esters is 2. The predicted molar refractivity (Wildman–Crippen MR) is 138 cm³/mol. The lowest BCUT2D eigenvalue weighted by atomic mass is 9.44. The molecule has 0 aromatic rings. The van der Waals surface area contributed by atoms with Gasteiger partial charge in [-0.05, 0) is 49.8 Å². The quantitative estimate of drug-likeness (QED) is 0.506. The van der Waals surface area contributed by atoms with Gasteiger partial charge in [0.1, 0.15) is 6.17 Å². The van der Waals surface area contributed by atoms with Crippen LogP contribution in [0.1, 0.15) is 74.1 Å². The number of aliphatic hydroxyl groups is 1. The van der Waals surface area contributed by atoms with Gasteiger partial charge < -0.3 is 14.6 Å². The Balaban J connectivity index is 1.81. The molecule has 3 fully saturated rings. The largest absolute Gasteiger partial charge is 0.455 e. The molecule has 0 saturated heterocycles. The molecule has 0 aromatic carbocycles. The number of ether oxygens (including phenoxy) is 2. The molecular formula is C30H40F2O7. The minimum atomic E-state index is -2.33. The van der Waals surface area contributed by atoms with Crippen molar-refractivity contribution in [1.29, 1.82) is 0 Å². The Kier molecular flexibility index (Phi) is 7.06. The fourth-order valence-corrected chi connectivity index (χ4v) is 7.92. The zero-order valence-corrected chi connectivity index (χ0v) is 23.8. The smallest absolute Gasteiger partial charge is 0.351 e. The monoisotopic (exact) mass is 550 g/mol. The molecule has 0 spiro atoms. The van der Waals surface area contributed by atoms with Crippen LogP contribution in [0.15, 0.2) is 23.8 Å². The molecular weight excluding hydrogens is 510 g/mol. The highest BCUT2D eigenvalue weighted by Crippen LogP contribution is 2.71. The van der Waals surface area contributed by atoms with Crippen LogP contribution in [-0.4, -0.2) is 58.8 Å². The van der Waals surface area contributed by atoms with E-state index in [0.717, 1.165) is 6.08 Å². The molecule has 0 heterocycles. The summed E-state index contributed by atoms with van der Waals surface area (Å²) < 4.78 is 44.6. The first kappa shape index (κ1) is 29.6. The Morgan fingerprint density at radius 3 is 2.38 bits per heavy atom. The molecule has 4 aliphatic rings. The summed E-state index contributed by atoms with van der Waals surface area (Å²) in [4.78, 5) is 51.3. The van der Waals surface area contributed by atoms with Crippen molar-refractivity contribution >= 4 is 23.5 Å². The van der Waals surface area contributed by atoms with Crippen molar-refractivity contribution in [2.24, 2.45) is 34.0 Å². The number of ketones is 2. The molecule has 4 aliphatic carbocycles. The van der Waals surface area contributed by atoms with Crippen molar-refractivity contribution in [2.75, 3.05) is 6.61 Å². The van der Waals surface area contributed by atoms with Gasteiger partial charge >= 0.3 is 11.9 Å². The van der Waals surface area contributed by atoms with Crippen molar-refractivity contribution in [3.8, 4) is 0 Å². The van der Waals surface area contributed by atoms with E-state index >= 15 is 8.78 Å². The van der Waals surface area contributed by atoms with Crippen LogP contribution < -0.4 is 0 Å². The molecule has 4 rings (SSSR count). The lowest BCUT2D eigenvalue weighted by Crippen LogP contribution is -2.71. The van der Waals surface area contributed by atoms with Crippen LogP contribution in [0.2, 0.25) is 0 Å². The lowest BCUT2D eigenvalue weighted by molar-refractivity contribution is -0.239. The van der Waals surface area contributed by atoms with E-state index in [1.54, 1.807) is 41.5 Å². The van der Waals surface area contributed by atoms with Crippen molar-refractivity contribution < 1.29 is 42.5 Å². The second kappa shape index (κ2) is 9.32. The Hall–Kier alpha value is -2.42. The molecule has 1 N–H and O–H groups in total. The molecule has 39 heavy (non-hydrogen) atoms. The standard InChI is InChI=1S/C30H40F2O7/c1-8-24(36)39-30(25(37)38-15-23(35)26(3,4)5)16(2)11-18-19-13-21(31)20-12-17(33)9-10-27(20,6)29(19,32)22(34)14-28(18,30)7/h9-10,12,16,18-19,21-22,34H,8,11,13-15H2,1-7H3/t16-,18+,19+,21+,22+,27+,28+,29+,30+/m1/s1. The van der Waals surface area contributed by atoms with Gasteiger partial charge in [-0.15, -0.1) is 0 Å². The number of Topliss-reactive ketones (excluding diaryl/α,β-unsaturated/α-hetero) is 1. The summed E-state index contributed by atoms with van der Waals surface area (Å²) in [5.74, 6) is -4.73. The fraction of sp³-hybridized carbons (Fsp3) is 0.733. The van der Waals surface area contributed by atoms with E-state index in [0.29, 0.717) is 0 Å². The molecule has 7 nitrogen and oxygen atoms in total. The molecule has 9 atom stereocenters. The first-order valence-electron chi connectivity index (χ1n) is 13.8. The highest BCUT2D eigenvalue weighted by Gasteiger charge is 2.78. The van der Waals surface area contributed by atoms with Crippen LogP contribution in [0.4, 0.5) is 8.78 Å². The first-order valence-corrected chi connectivity index (χ1v) is 13.8. The van der Waals surface area contributed by atoms with Gasteiger partial charge in [0.05, 0.1) is 6.10 Å². The summed E-state index contributed by atoms with van der Waals surface area (Å²) in [5.41, 5.74) is -7.90. The first-order chi connectivity index (χ1) is 17.9. The maximum absolute atomic E-state index is 17.4. The fourth-order valence-electron chi connectivity index (χ4n) is 7.92. The maximum Gasteiger partial charge on any atom is 0.351 e. The molecule has 0 aromatic heterocycles. The summed E-state index contributed by atoms with van der Waals surface area (Å²) in [6.07, 6.45) is -0.0167. The molecule has 0 amide bonds. The third-order valence-corrected chi connectivity index (χ3v) is 10.2. The topological polar surface area (TPSA) is 107 Å². The van der Waals surface area contributed by atoms with Crippen LogP contribution in [0.5, 0.6) is 0 Å². The summed E-state index contributed by atoms with van der Waals surface area (Å²) >= 11 is 0. The number of carbonyl (C=O) groups excluding carboxylic acids is 4. The van der Waals surface area contributed by atoms with Crippen LogP contribution >= 0.6 is 0 Å². The van der Waals surface area contributed by atoms with Gasteiger partial charge in [0.15, 0.2) is 23.8 Å².